The summed E-state index contributed by atoms with van der Waals surface area (Å²) in [6, 6.07) is 1.73. The number of rotatable bonds is 6. The fourth-order valence-corrected chi connectivity index (χ4v) is 2.62. The molecule has 0 fully saturated rings. The summed E-state index contributed by atoms with van der Waals surface area (Å²) >= 11 is 0. The van der Waals surface area contributed by atoms with Crippen molar-refractivity contribution in [3.05, 3.63) is 42.0 Å². The zero-order valence-corrected chi connectivity index (χ0v) is 12.0. The Morgan fingerprint density at radius 2 is 2.19 bits per heavy atom. The van der Waals surface area contributed by atoms with Crippen molar-refractivity contribution in [2.24, 2.45) is 0 Å². The monoisotopic (exact) mass is 310 g/mol. The van der Waals surface area contributed by atoms with E-state index in [-0.39, 0.29) is 18.0 Å². The molecule has 0 radical (unpaired) electrons. The average Bonchev–Trinajstić information content (AvgIpc) is 2.86. The third kappa shape index (κ3) is 3.86. The first-order chi connectivity index (χ1) is 9.88. The summed E-state index contributed by atoms with van der Waals surface area (Å²) in [5.41, 5.74) is 1.69. The molecule has 2 N–H and O–H groups in total. The molecule has 0 saturated carbocycles. The van der Waals surface area contributed by atoms with Gasteiger partial charge in [-0.3, -0.25) is 14.5 Å². The first-order valence-electron chi connectivity index (χ1n) is 6.02. The van der Waals surface area contributed by atoms with Crippen molar-refractivity contribution in [1.29, 1.82) is 0 Å². The van der Waals surface area contributed by atoms with Crippen LogP contribution in [0, 0.1) is 6.92 Å². The topological polar surface area (TPSA) is 114 Å². The van der Waals surface area contributed by atoms with Gasteiger partial charge in [0.15, 0.2) is 0 Å². The Hall–Kier alpha value is -2.26. The molecule has 0 spiro atoms. The minimum absolute atomic E-state index is 0.0736. The molecule has 0 atom stereocenters. The summed E-state index contributed by atoms with van der Waals surface area (Å²) in [4.78, 5) is 14.4. The molecule has 2 aromatic rings. The Morgan fingerprint density at radius 1 is 1.43 bits per heavy atom. The fourth-order valence-electron chi connectivity index (χ4n) is 1.67. The number of aliphatic carboxylic acids is 1. The summed E-state index contributed by atoms with van der Waals surface area (Å²) < 4.78 is 27.7. The van der Waals surface area contributed by atoms with Crippen LogP contribution in [0.4, 0.5) is 0 Å². The van der Waals surface area contributed by atoms with Gasteiger partial charge in [-0.1, -0.05) is 0 Å². The van der Waals surface area contributed by atoms with Gasteiger partial charge in [-0.2, -0.15) is 5.10 Å². The second-order valence-corrected chi connectivity index (χ2v) is 6.16. The highest BCUT2D eigenvalue weighted by Gasteiger charge is 2.17. The van der Waals surface area contributed by atoms with Gasteiger partial charge in [0.25, 0.3) is 0 Å². The number of aromatic nitrogens is 3. The van der Waals surface area contributed by atoms with E-state index in [9.17, 15) is 13.2 Å². The summed E-state index contributed by atoms with van der Waals surface area (Å²) in [5, 5.41) is 12.3. The van der Waals surface area contributed by atoms with Crippen LogP contribution >= 0.6 is 0 Å². The number of carboxylic acid groups (broad SMARTS) is 1. The molecule has 0 aromatic carbocycles. The third-order valence-corrected chi connectivity index (χ3v) is 4.16. The molecule has 0 unspecified atom stereocenters. The molecule has 0 aliphatic heterocycles. The van der Waals surface area contributed by atoms with Crippen molar-refractivity contribution in [3.8, 4) is 0 Å². The zero-order valence-electron chi connectivity index (χ0n) is 11.2. The molecule has 0 amide bonds. The minimum Gasteiger partial charge on any atom is -0.480 e. The summed E-state index contributed by atoms with van der Waals surface area (Å²) in [5.74, 6) is -1.09. The van der Waals surface area contributed by atoms with Crippen molar-refractivity contribution in [3.63, 3.8) is 0 Å². The van der Waals surface area contributed by atoms with Crippen LogP contribution in [0.25, 0.3) is 0 Å². The van der Waals surface area contributed by atoms with Crippen LogP contribution in [0.15, 0.2) is 35.7 Å². The Bertz CT molecular complexity index is 754. The van der Waals surface area contributed by atoms with E-state index in [1.807, 2.05) is 6.92 Å². The van der Waals surface area contributed by atoms with Gasteiger partial charge in [0, 0.05) is 25.1 Å². The van der Waals surface area contributed by atoms with Gasteiger partial charge in [-0.05, 0) is 24.1 Å². The predicted molar refractivity (Wildman–Crippen MR) is 72.9 cm³/mol. The average molecular weight is 310 g/mol. The van der Waals surface area contributed by atoms with Crippen molar-refractivity contribution in [2.45, 2.75) is 24.9 Å². The normalized spacial score (nSPS) is 11.5. The van der Waals surface area contributed by atoms with Crippen LogP contribution in [0.2, 0.25) is 0 Å². The molecule has 2 heterocycles. The Balaban J connectivity index is 2.10. The molecule has 9 heteroatoms. The lowest BCUT2D eigenvalue weighted by Crippen LogP contribution is -2.23. The highest BCUT2D eigenvalue weighted by molar-refractivity contribution is 7.89. The maximum absolute atomic E-state index is 12.1. The number of pyridine rings is 1. The van der Waals surface area contributed by atoms with Gasteiger partial charge < -0.3 is 5.11 Å². The van der Waals surface area contributed by atoms with E-state index >= 15 is 0 Å². The first kappa shape index (κ1) is 15.1. The highest BCUT2D eigenvalue weighted by Crippen LogP contribution is 2.10. The smallest absolute Gasteiger partial charge is 0.325 e. The Kier molecular flexibility index (Phi) is 4.34. The van der Waals surface area contributed by atoms with Crippen molar-refractivity contribution in [2.75, 3.05) is 0 Å². The summed E-state index contributed by atoms with van der Waals surface area (Å²) in [7, 11) is -3.74. The van der Waals surface area contributed by atoms with E-state index in [1.165, 1.54) is 6.20 Å². The SMILES string of the molecule is Cc1cnccc1CNS(=O)(=O)c1cnn(CC(=O)O)c1. The highest BCUT2D eigenvalue weighted by atomic mass is 32.2. The number of nitrogens with zero attached hydrogens (tertiary/aromatic N) is 3. The van der Waals surface area contributed by atoms with Crippen LogP contribution in [0.1, 0.15) is 11.1 Å². The number of aryl methyl sites for hydroxylation is 1. The summed E-state index contributed by atoms with van der Waals surface area (Å²) in [6.07, 6.45) is 5.52. The molecule has 0 aliphatic rings. The van der Waals surface area contributed by atoms with Gasteiger partial charge in [0.2, 0.25) is 10.0 Å². The third-order valence-electron chi connectivity index (χ3n) is 2.81. The van der Waals surface area contributed by atoms with E-state index in [0.29, 0.717) is 0 Å². The fraction of sp³-hybridized carbons (Fsp3) is 0.250. The van der Waals surface area contributed by atoms with Crippen molar-refractivity contribution < 1.29 is 18.3 Å². The largest absolute Gasteiger partial charge is 0.480 e. The molecular weight excluding hydrogens is 296 g/mol. The van der Waals surface area contributed by atoms with Crippen LogP contribution in [0.3, 0.4) is 0 Å². The molecule has 0 saturated heterocycles. The molecule has 112 valence electrons. The number of sulfonamides is 1. The number of hydrogen-bond acceptors (Lipinski definition) is 5. The van der Waals surface area contributed by atoms with Crippen molar-refractivity contribution >= 4 is 16.0 Å². The maximum Gasteiger partial charge on any atom is 0.325 e. The molecule has 8 nitrogen and oxygen atoms in total. The van der Waals surface area contributed by atoms with Crippen LogP contribution in [-0.4, -0.2) is 34.3 Å². The quantitative estimate of drug-likeness (QED) is 0.785. The standard InChI is InChI=1S/C12H14N4O4S/c1-9-4-13-3-2-10(9)5-15-21(19,20)11-6-14-16(7-11)8-12(17)18/h2-4,6-7,15H,5,8H2,1H3,(H,17,18). The zero-order chi connectivity index (χ0) is 15.5. The van der Waals surface area contributed by atoms with Crippen LogP contribution in [-0.2, 0) is 27.9 Å². The number of nitrogens with one attached hydrogen (secondary N) is 1. The van der Waals surface area contributed by atoms with Gasteiger partial charge in [-0.25, -0.2) is 13.1 Å². The molecule has 2 rings (SSSR count). The maximum atomic E-state index is 12.1. The van der Waals surface area contributed by atoms with Crippen LogP contribution in [0.5, 0.6) is 0 Å². The molecule has 2 aromatic heterocycles. The molecule has 21 heavy (non-hydrogen) atoms. The molecular formula is C12H14N4O4S. The van der Waals surface area contributed by atoms with Gasteiger partial charge in [0.05, 0.1) is 6.20 Å². The molecule has 0 aliphatic carbocycles. The van der Waals surface area contributed by atoms with Gasteiger partial charge in [0.1, 0.15) is 11.4 Å². The number of carboxylic acids is 1. The second kappa shape index (κ2) is 6.02. The lowest BCUT2D eigenvalue weighted by molar-refractivity contribution is -0.137. The van der Waals surface area contributed by atoms with Gasteiger partial charge in [-0.15, -0.1) is 0 Å². The van der Waals surface area contributed by atoms with Crippen LogP contribution < -0.4 is 4.72 Å². The Labute approximate surface area is 121 Å². The van der Waals surface area contributed by atoms with E-state index in [4.69, 9.17) is 5.11 Å². The first-order valence-corrected chi connectivity index (χ1v) is 7.50. The second-order valence-electron chi connectivity index (χ2n) is 4.39. The predicted octanol–water partition coefficient (Wildman–Crippen LogP) is 0.150. The van der Waals surface area contributed by atoms with Gasteiger partial charge >= 0.3 is 5.97 Å². The van der Waals surface area contributed by atoms with Crippen molar-refractivity contribution in [1.82, 2.24) is 19.5 Å². The molecule has 0 bridgehead atoms. The number of hydrogen-bond donors (Lipinski definition) is 2. The number of carbonyl (C=O) groups is 1. The lowest BCUT2D eigenvalue weighted by atomic mass is 10.2. The lowest BCUT2D eigenvalue weighted by Gasteiger charge is -2.06. The summed E-state index contributed by atoms with van der Waals surface area (Å²) in [6.45, 7) is 1.57. The Morgan fingerprint density at radius 3 is 2.86 bits per heavy atom. The van der Waals surface area contributed by atoms with E-state index < -0.39 is 16.0 Å². The van der Waals surface area contributed by atoms with E-state index in [0.717, 1.165) is 22.0 Å². The van der Waals surface area contributed by atoms with E-state index in [2.05, 4.69) is 14.8 Å². The van der Waals surface area contributed by atoms with E-state index in [1.54, 1.807) is 18.5 Å². The minimum atomic E-state index is -3.74.